The van der Waals surface area contributed by atoms with Crippen LogP contribution < -0.4 is 21.3 Å². The van der Waals surface area contributed by atoms with Gasteiger partial charge in [-0.3, -0.25) is 19.6 Å². The van der Waals surface area contributed by atoms with Gasteiger partial charge in [0.2, 0.25) is 0 Å². The van der Waals surface area contributed by atoms with E-state index in [0.717, 1.165) is 65.9 Å². The van der Waals surface area contributed by atoms with Crippen molar-refractivity contribution in [2.45, 2.75) is 13.1 Å². The molecule has 0 spiro atoms. The van der Waals surface area contributed by atoms with E-state index < -0.39 is 0 Å². The number of nitrogens with one attached hydrogen (secondary N) is 4. The molecule has 0 amide bonds. The van der Waals surface area contributed by atoms with Gasteiger partial charge in [0.15, 0.2) is 0 Å². The zero-order valence-corrected chi connectivity index (χ0v) is 20.7. The van der Waals surface area contributed by atoms with Crippen LogP contribution in [-0.2, 0) is 29.6 Å². The first-order chi connectivity index (χ1) is 16.7. The van der Waals surface area contributed by atoms with Crippen molar-refractivity contribution < 1.29 is 16.5 Å². The molecule has 0 atom stereocenters. The maximum absolute atomic E-state index is 6.75. The van der Waals surface area contributed by atoms with Crippen LogP contribution in [0.1, 0.15) is 11.1 Å². The summed E-state index contributed by atoms with van der Waals surface area (Å²) in [5.74, 6) is 0. The van der Waals surface area contributed by atoms with E-state index >= 15 is 0 Å². The van der Waals surface area contributed by atoms with Gasteiger partial charge in [-0.05, 0) is 11.1 Å². The van der Waals surface area contributed by atoms with Gasteiger partial charge in [-0.1, -0.05) is 60.7 Å². The molecular formula is C22H34N12Ni. The van der Waals surface area contributed by atoms with Crippen LogP contribution in [0.4, 0.5) is 0 Å². The second-order valence-corrected chi connectivity index (χ2v) is 7.44. The molecule has 35 heavy (non-hydrogen) atoms. The van der Waals surface area contributed by atoms with E-state index in [2.05, 4.69) is 91.7 Å². The molecular weight excluding hydrogens is 491 g/mol. The second kappa shape index (κ2) is 23.1. The largest absolute Gasteiger partial charge is 2.00 e. The molecule has 0 radical (unpaired) electrons. The summed E-state index contributed by atoms with van der Waals surface area (Å²) in [4.78, 5) is 7.81. The molecule has 1 aliphatic heterocycles. The first-order valence-corrected chi connectivity index (χ1v) is 11.1. The third-order valence-corrected chi connectivity index (χ3v) is 4.80. The molecule has 4 N–H and O–H groups in total. The number of hydrogen-bond acceptors (Lipinski definition) is 6. The topological polar surface area (TPSA) is 172 Å². The maximum Gasteiger partial charge on any atom is 2.00 e. The van der Waals surface area contributed by atoms with Gasteiger partial charge in [-0.2, -0.15) is 0 Å². The summed E-state index contributed by atoms with van der Waals surface area (Å²) in [5, 5.41) is 14.3. The first kappa shape index (κ1) is 32.3. The maximum atomic E-state index is 6.75. The number of benzene rings is 2. The molecule has 1 fully saturated rings. The quantitative estimate of drug-likeness (QED) is 0.207. The number of hydrogen-bond donors (Lipinski definition) is 4. The SMILES string of the molecule is [N-]=[N+]=[N-].[N-]=[N+]=[N-].[Ni+2].c1ccc(CN2CNCCNCN(Cc3ccccc3)CNCCNC2)cc1. The zero-order valence-electron chi connectivity index (χ0n) is 19.7. The van der Waals surface area contributed by atoms with Crippen LogP contribution in [0.2, 0.25) is 0 Å². The van der Waals surface area contributed by atoms with Gasteiger partial charge in [0.25, 0.3) is 0 Å². The Labute approximate surface area is 217 Å². The van der Waals surface area contributed by atoms with Crippen molar-refractivity contribution in [3.05, 3.63) is 104 Å². The van der Waals surface area contributed by atoms with Gasteiger partial charge in [-0.15, -0.1) is 0 Å². The van der Waals surface area contributed by atoms with E-state index in [0.29, 0.717) is 0 Å². The summed E-state index contributed by atoms with van der Waals surface area (Å²) in [7, 11) is 0. The average molecular weight is 525 g/mol. The predicted octanol–water partition coefficient (Wildman–Crippen LogP) is 2.92. The van der Waals surface area contributed by atoms with Gasteiger partial charge in [-0.25, -0.2) is 0 Å². The summed E-state index contributed by atoms with van der Waals surface area (Å²) in [6, 6.07) is 21.3. The van der Waals surface area contributed by atoms with Gasteiger partial charge in [0.05, 0.1) is 0 Å². The molecule has 1 heterocycles. The Hall–Kier alpha value is -2.69. The van der Waals surface area contributed by atoms with Crippen molar-refractivity contribution in [1.82, 2.24) is 31.1 Å². The van der Waals surface area contributed by atoms with Gasteiger partial charge in [0.1, 0.15) is 0 Å². The summed E-state index contributed by atoms with van der Waals surface area (Å²) in [6.07, 6.45) is 0. The summed E-state index contributed by atoms with van der Waals surface area (Å²) in [5.41, 5.74) is 29.7. The first-order valence-electron chi connectivity index (χ1n) is 11.1. The Morgan fingerprint density at radius 2 is 0.800 bits per heavy atom. The molecule has 0 aromatic heterocycles. The number of nitrogens with zero attached hydrogens (tertiary/aromatic N) is 8. The summed E-state index contributed by atoms with van der Waals surface area (Å²) < 4.78 is 0. The normalized spacial score (nSPS) is 15.8. The van der Waals surface area contributed by atoms with E-state index in [4.69, 9.17) is 22.1 Å². The Balaban J connectivity index is 0.00000150. The molecule has 2 aromatic rings. The summed E-state index contributed by atoms with van der Waals surface area (Å²) >= 11 is 0. The van der Waals surface area contributed by atoms with Crippen LogP contribution in [0.3, 0.4) is 0 Å². The van der Waals surface area contributed by atoms with E-state index in [9.17, 15) is 0 Å². The van der Waals surface area contributed by atoms with E-state index in [1.807, 2.05) is 0 Å². The minimum absolute atomic E-state index is 0. The molecule has 0 bridgehead atoms. The van der Waals surface area contributed by atoms with Crippen molar-refractivity contribution in [1.29, 1.82) is 0 Å². The number of rotatable bonds is 4. The molecule has 13 heteroatoms. The van der Waals surface area contributed by atoms with Crippen molar-refractivity contribution in [3.8, 4) is 0 Å². The average Bonchev–Trinajstić information content (AvgIpc) is 2.85. The van der Waals surface area contributed by atoms with Crippen molar-refractivity contribution >= 4 is 0 Å². The molecule has 0 unspecified atom stereocenters. The van der Waals surface area contributed by atoms with Crippen LogP contribution in [0.5, 0.6) is 0 Å². The van der Waals surface area contributed by atoms with Crippen LogP contribution >= 0.6 is 0 Å². The van der Waals surface area contributed by atoms with Crippen molar-refractivity contribution in [2.24, 2.45) is 0 Å². The minimum Gasteiger partial charge on any atom is -0.373 e. The minimum atomic E-state index is 0. The molecule has 192 valence electrons. The second-order valence-electron chi connectivity index (χ2n) is 7.44. The van der Waals surface area contributed by atoms with Crippen LogP contribution in [0.15, 0.2) is 60.7 Å². The Morgan fingerprint density at radius 3 is 1.06 bits per heavy atom. The monoisotopic (exact) mass is 524 g/mol. The predicted molar refractivity (Wildman–Crippen MR) is 136 cm³/mol. The van der Waals surface area contributed by atoms with Crippen molar-refractivity contribution in [3.63, 3.8) is 0 Å². The molecule has 12 nitrogen and oxygen atoms in total. The fourth-order valence-electron chi connectivity index (χ4n) is 3.32. The van der Waals surface area contributed by atoms with Gasteiger partial charge in [0, 0.05) is 65.9 Å². The van der Waals surface area contributed by atoms with Gasteiger partial charge >= 0.3 is 16.5 Å². The molecule has 2 aromatic carbocycles. The Kier molecular flexibility index (Phi) is 21.3. The Bertz CT molecular complexity index is 726. The molecule has 3 rings (SSSR count). The zero-order chi connectivity index (χ0) is 24.7. The van der Waals surface area contributed by atoms with Crippen molar-refractivity contribution in [2.75, 3.05) is 52.9 Å². The standard InChI is InChI=1S/C22H34N6.2N3.Ni/c1-3-7-21(8-4-1)15-27-17-23-11-13-25-19-28(20-26-14-12-24-18-27)16-22-9-5-2-6-10-22;2*1-3-2;/h1-10,23-26H,11-20H2;;;/q;2*-1;+2. The fraction of sp³-hybridized carbons (Fsp3) is 0.455. The Morgan fingerprint density at radius 1 is 0.543 bits per heavy atom. The van der Waals surface area contributed by atoms with Crippen LogP contribution in [0, 0.1) is 0 Å². The third-order valence-electron chi connectivity index (χ3n) is 4.80. The van der Waals surface area contributed by atoms with E-state index in [1.54, 1.807) is 0 Å². The van der Waals surface area contributed by atoms with E-state index in [1.165, 1.54) is 21.0 Å². The third kappa shape index (κ3) is 17.4. The van der Waals surface area contributed by atoms with E-state index in [-0.39, 0.29) is 16.5 Å². The van der Waals surface area contributed by atoms with Gasteiger partial charge < -0.3 is 43.4 Å². The molecule has 0 saturated carbocycles. The smallest absolute Gasteiger partial charge is 0.373 e. The summed E-state index contributed by atoms with van der Waals surface area (Å²) in [6.45, 7) is 9.25. The fourth-order valence-corrected chi connectivity index (χ4v) is 3.32. The molecule has 0 aliphatic carbocycles. The van der Waals surface area contributed by atoms with Crippen LogP contribution in [0.25, 0.3) is 31.9 Å². The molecule has 1 saturated heterocycles. The molecule has 1 aliphatic rings. The van der Waals surface area contributed by atoms with Crippen LogP contribution in [-0.4, -0.2) is 62.7 Å².